The number of benzene rings is 1. The highest BCUT2D eigenvalue weighted by Crippen LogP contribution is 2.17. The fourth-order valence-electron chi connectivity index (χ4n) is 2.42. The normalized spacial score (nSPS) is 18.9. The van der Waals surface area contributed by atoms with E-state index in [4.69, 9.17) is 4.74 Å². The van der Waals surface area contributed by atoms with Gasteiger partial charge in [-0.2, -0.15) is 5.10 Å². The minimum atomic E-state index is -0.270. The van der Waals surface area contributed by atoms with Crippen molar-refractivity contribution in [2.75, 3.05) is 19.7 Å². The van der Waals surface area contributed by atoms with Gasteiger partial charge in [0.15, 0.2) is 5.75 Å². The van der Waals surface area contributed by atoms with Crippen molar-refractivity contribution in [2.24, 2.45) is 5.92 Å². The molecule has 0 radical (unpaired) electrons. The first-order valence-electron chi connectivity index (χ1n) is 6.95. The van der Waals surface area contributed by atoms with Crippen molar-refractivity contribution in [3.8, 4) is 11.4 Å². The number of halogens is 1. The number of hydrogen-bond acceptors (Lipinski definition) is 3. The molecule has 0 saturated carbocycles. The first kappa shape index (κ1) is 13.1. The second-order valence-electron chi connectivity index (χ2n) is 5.12. The van der Waals surface area contributed by atoms with Crippen molar-refractivity contribution in [1.29, 1.82) is 0 Å². The predicted octanol–water partition coefficient (Wildman–Crippen LogP) is 2.39. The molecule has 1 N–H and O–H groups in total. The molecule has 2 aromatic rings. The molecule has 1 aliphatic rings. The summed E-state index contributed by atoms with van der Waals surface area (Å²) in [6, 6.07) is 6.34. The van der Waals surface area contributed by atoms with Gasteiger partial charge in [-0.15, -0.1) is 0 Å². The number of rotatable bonds is 4. The van der Waals surface area contributed by atoms with Gasteiger partial charge < -0.3 is 10.1 Å². The summed E-state index contributed by atoms with van der Waals surface area (Å²) in [6.45, 7) is 2.81. The van der Waals surface area contributed by atoms with Crippen LogP contribution in [0.15, 0.2) is 36.7 Å². The molecule has 1 unspecified atom stereocenters. The van der Waals surface area contributed by atoms with Gasteiger partial charge in [0.05, 0.1) is 24.7 Å². The molecule has 4 nitrogen and oxygen atoms in total. The number of hydrogen-bond donors (Lipinski definition) is 1. The lowest BCUT2D eigenvalue weighted by molar-refractivity contribution is 0.218. The van der Waals surface area contributed by atoms with Crippen molar-refractivity contribution in [3.63, 3.8) is 0 Å². The quantitative estimate of drug-likeness (QED) is 0.931. The van der Waals surface area contributed by atoms with E-state index in [-0.39, 0.29) is 5.82 Å². The van der Waals surface area contributed by atoms with E-state index in [1.807, 2.05) is 6.07 Å². The molecule has 0 spiro atoms. The van der Waals surface area contributed by atoms with Gasteiger partial charge in [-0.25, -0.2) is 9.07 Å². The molecular weight excluding hydrogens is 257 g/mol. The Morgan fingerprint density at radius 1 is 1.45 bits per heavy atom. The van der Waals surface area contributed by atoms with Gasteiger partial charge in [-0.05, 0) is 37.6 Å². The van der Waals surface area contributed by atoms with Crippen LogP contribution < -0.4 is 10.1 Å². The zero-order valence-corrected chi connectivity index (χ0v) is 11.3. The molecule has 0 bridgehead atoms. The zero-order valence-electron chi connectivity index (χ0n) is 11.3. The minimum Gasteiger partial charge on any atom is -0.490 e. The summed E-state index contributed by atoms with van der Waals surface area (Å²) >= 11 is 0. The molecule has 20 heavy (non-hydrogen) atoms. The van der Waals surface area contributed by atoms with Crippen LogP contribution in [0.1, 0.15) is 12.8 Å². The SMILES string of the molecule is Fc1cccc(-n2cc(OCC3CCCNC3)cn2)c1. The fraction of sp³-hybridized carbons (Fsp3) is 0.400. The fourth-order valence-corrected chi connectivity index (χ4v) is 2.42. The molecule has 0 amide bonds. The highest BCUT2D eigenvalue weighted by molar-refractivity contribution is 5.32. The Morgan fingerprint density at radius 3 is 3.20 bits per heavy atom. The van der Waals surface area contributed by atoms with Crippen LogP contribution in [0.2, 0.25) is 0 Å². The minimum absolute atomic E-state index is 0.270. The van der Waals surface area contributed by atoms with Crippen LogP contribution in [-0.4, -0.2) is 29.5 Å². The van der Waals surface area contributed by atoms with E-state index in [0.717, 1.165) is 18.8 Å². The summed E-state index contributed by atoms with van der Waals surface area (Å²) in [7, 11) is 0. The monoisotopic (exact) mass is 275 g/mol. The molecule has 3 rings (SSSR count). The third-order valence-electron chi connectivity index (χ3n) is 3.52. The third kappa shape index (κ3) is 3.17. The van der Waals surface area contributed by atoms with E-state index in [2.05, 4.69) is 10.4 Å². The topological polar surface area (TPSA) is 39.1 Å². The van der Waals surface area contributed by atoms with E-state index in [1.165, 1.54) is 25.0 Å². The van der Waals surface area contributed by atoms with Gasteiger partial charge in [-0.3, -0.25) is 0 Å². The summed E-state index contributed by atoms with van der Waals surface area (Å²) in [6.07, 6.45) is 5.85. The first-order valence-corrected chi connectivity index (χ1v) is 6.95. The van der Waals surface area contributed by atoms with E-state index in [0.29, 0.717) is 18.2 Å². The molecule has 1 atom stereocenters. The van der Waals surface area contributed by atoms with E-state index >= 15 is 0 Å². The molecular formula is C15H18FN3O. The molecule has 1 aliphatic heterocycles. The number of aromatic nitrogens is 2. The molecule has 2 heterocycles. The summed E-state index contributed by atoms with van der Waals surface area (Å²) in [5, 5.41) is 7.57. The van der Waals surface area contributed by atoms with Crippen molar-refractivity contribution < 1.29 is 9.13 Å². The molecule has 1 aromatic heterocycles. The van der Waals surface area contributed by atoms with Crippen LogP contribution in [0, 0.1) is 11.7 Å². The van der Waals surface area contributed by atoms with E-state index in [9.17, 15) is 4.39 Å². The summed E-state index contributed by atoms with van der Waals surface area (Å²) in [5.41, 5.74) is 0.694. The first-order chi connectivity index (χ1) is 9.81. The molecule has 106 valence electrons. The van der Waals surface area contributed by atoms with Gasteiger partial charge in [0.2, 0.25) is 0 Å². The number of nitrogens with one attached hydrogen (secondary N) is 1. The molecule has 0 aliphatic carbocycles. The van der Waals surface area contributed by atoms with Crippen molar-refractivity contribution >= 4 is 0 Å². The summed E-state index contributed by atoms with van der Waals surface area (Å²) < 4.78 is 20.6. The van der Waals surface area contributed by atoms with Crippen molar-refractivity contribution in [1.82, 2.24) is 15.1 Å². The number of piperidine rings is 1. The predicted molar refractivity (Wildman–Crippen MR) is 74.6 cm³/mol. The highest BCUT2D eigenvalue weighted by Gasteiger charge is 2.14. The van der Waals surface area contributed by atoms with Gasteiger partial charge in [0, 0.05) is 12.5 Å². The highest BCUT2D eigenvalue weighted by atomic mass is 19.1. The van der Waals surface area contributed by atoms with Crippen LogP contribution in [0.5, 0.6) is 5.75 Å². The Morgan fingerprint density at radius 2 is 2.40 bits per heavy atom. The second-order valence-corrected chi connectivity index (χ2v) is 5.12. The third-order valence-corrected chi connectivity index (χ3v) is 3.52. The van der Waals surface area contributed by atoms with Crippen LogP contribution in [-0.2, 0) is 0 Å². The number of nitrogens with zero attached hydrogens (tertiary/aromatic N) is 2. The van der Waals surface area contributed by atoms with Crippen LogP contribution in [0.4, 0.5) is 4.39 Å². The van der Waals surface area contributed by atoms with Crippen LogP contribution in [0.25, 0.3) is 5.69 Å². The van der Waals surface area contributed by atoms with Gasteiger partial charge >= 0.3 is 0 Å². The maximum absolute atomic E-state index is 13.2. The average molecular weight is 275 g/mol. The van der Waals surface area contributed by atoms with Crippen LogP contribution >= 0.6 is 0 Å². The van der Waals surface area contributed by atoms with Crippen molar-refractivity contribution in [2.45, 2.75) is 12.8 Å². The maximum Gasteiger partial charge on any atom is 0.157 e. The standard InChI is InChI=1S/C15H18FN3O/c16-13-4-1-5-14(7-13)19-10-15(9-18-19)20-11-12-3-2-6-17-8-12/h1,4-5,7,9-10,12,17H,2-3,6,8,11H2. The van der Waals surface area contributed by atoms with Crippen molar-refractivity contribution in [3.05, 3.63) is 42.5 Å². The summed E-state index contributed by atoms with van der Waals surface area (Å²) in [5.74, 6) is 1.01. The average Bonchev–Trinajstić information content (AvgIpc) is 2.95. The molecule has 5 heteroatoms. The largest absolute Gasteiger partial charge is 0.490 e. The summed E-state index contributed by atoms with van der Waals surface area (Å²) in [4.78, 5) is 0. The zero-order chi connectivity index (χ0) is 13.8. The lowest BCUT2D eigenvalue weighted by Gasteiger charge is -2.22. The lowest BCUT2D eigenvalue weighted by atomic mass is 10.0. The molecule has 1 saturated heterocycles. The smallest absolute Gasteiger partial charge is 0.157 e. The second kappa shape index (κ2) is 6.05. The molecule has 1 fully saturated rings. The molecule has 1 aromatic carbocycles. The van der Waals surface area contributed by atoms with E-state index in [1.54, 1.807) is 23.1 Å². The van der Waals surface area contributed by atoms with Gasteiger partial charge in [-0.1, -0.05) is 6.07 Å². The maximum atomic E-state index is 13.2. The Balaban J connectivity index is 1.61. The van der Waals surface area contributed by atoms with Gasteiger partial charge in [0.25, 0.3) is 0 Å². The Labute approximate surface area is 117 Å². The van der Waals surface area contributed by atoms with Crippen LogP contribution in [0.3, 0.4) is 0 Å². The Kier molecular flexibility index (Phi) is 3.97. The number of ether oxygens (including phenoxy) is 1. The Bertz CT molecular complexity index is 564. The van der Waals surface area contributed by atoms with E-state index < -0.39 is 0 Å². The van der Waals surface area contributed by atoms with Gasteiger partial charge in [0.1, 0.15) is 5.82 Å². The lowest BCUT2D eigenvalue weighted by Crippen LogP contribution is -2.32. The Hall–Kier alpha value is -1.88.